The molecule has 0 fully saturated rings. The van der Waals surface area contributed by atoms with E-state index >= 15 is 0 Å². The number of benzene rings is 2. The Morgan fingerprint density at radius 3 is 1.92 bits per heavy atom. The minimum absolute atomic E-state index is 0.106. The quantitative estimate of drug-likeness (QED) is 0.0138. The van der Waals surface area contributed by atoms with Gasteiger partial charge >= 0.3 is 12.1 Å². The number of anilines is 1. The zero-order valence-corrected chi connectivity index (χ0v) is 71.3. The number of unbranched alkanes of at least 4 members (excludes halogenated alkanes) is 1. The third-order valence-electron chi connectivity index (χ3n) is 19.5. The van der Waals surface area contributed by atoms with E-state index in [0.29, 0.717) is 207 Å². The second-order valence-electron chi connectivity index (χ2n) is 28.9. The summed E-state index contributed by atoms with van der Waals surface area (Å²) in [5, 5.41) is 17.9. The molecule has 0 saturated heterocycles. The normalized spacial score (nSPS) is 14.0. The maximum absolute atomic E-state index is 14.4. The molecule has 2 aromatic carbocycles. The molecular formula is C83H114N12O21S3. The second kappa shape index (κ2) is 50.7. The molecular weight excluding hydrogens is 1600 g/mol. The van der Waals surface area contributed by atoms with Crippen molar-refractivity contribution in [3.05, 3.63) is 128 Å². The highest BCUT2D eigenvalue weighted by Crippen LogP contribution is 2.43. The number of fused-ring (bicyclic) bond motifs is 5. The van der Waals surface area contributed by atoms with Crippen LogP contribution in [0.2, 0.25) is 0 Å². The van der Waals surface area contributed by atoms with E-state index in [4.69, 9.17) is 67.6 Å². The Bertz CT molecular complexity index is 4530. The molecule has 0 spiro atoms. The minimum Gasteiger partial charge on any atom is -0.457 e. The Morgan fingerprint density at radius 1 is 0.731 bits per heavy atom. The van der Waals surface area contributed by atoms with Gasteiger partial charge in [-0.25, -0.2) is 42.6 Å². The van der Waals surface area contributed by atoms with Crippen LogP contribution in [-0.2, 0) is 131 Å². The SMILES string of the molecule is CC[C@@]1(OC(=O)OCc2ccc(NC(=O)[C@H](CCCCN)CC(=O)COCC(=O)CCCOCCCOCCCOCCCOCCCOCCCOCCCOCCCOCCn3cc(CNC(=O)c4csc(-c5cnc(SC)nc5)n4)nn3)cc2)C(=O)OCc2c1cc1n(c2=O)Cc2c-1nc1ccccc1c2CCN(C(C)C)S(C)(=O)=O. The molecule has 36 heteroatoms. The average molecular weight is 1710 g/mol. The van der Waals surface area contributed by atoms with E-state index in [9.17, 15) is 42.0 Å². The Kier molecular flexibility index (Phi) is 40.2. The summed E-state index contributed by atoms with van der Waals surface area (Å²) in [6.07, 6.45) is 15.1. The summed E-state index contributed by atoms with van der Waals surface area (Å²) in [6, 6.07) is 15.3. The van der Waals surface area contributed by atoms with Crippen molar-refractivity contribution in [2.45, 2.75) is 167 Å². The molecule has 2 aliphatic heterocycles. The number of para-hydroxylation sites is 1. The van der Waals surface area contributed by atoms with Crippen LogP contribution in [0.5, 0.6) is 0 Å². The first-order valence-corrected chi connectivity index (χ1v) is 44.7. The second-order valence-corrected chi connectivity index (χ2v) is 32.5. The maximum Gasteiger partial charge on any atom is 0.510 e. The molecule has 7 aromatic rings. The van der Waals surface area contributed by atoms with Gasteiger partial charge in [0.15, 0.2) is 16.7 Å². The van der Waals surface area contributed by atoms with E-state index in [1.165, 1.54) is 33.7 Å². The van der Waals surface area contributed by atoms with Crippen LogP contribution in [0.15, 0.2) is 88.5 Å². The van der Waals surface area contributed by atoms with Crippen molar-refractivity contribution in [1.82, 2.24) is 49.1 Å². The summed E-state index contributed by atoms with van der Waals surface area (Å²) in [4.78, 5) is 112. The van der Waals surface area contributed by atoms with Gasteiger partial charge in [0, 0.05) is 176 Å². The molecule has 2 amide bonds. The number of nitrogens with zero attached hydrogens (tertiary/aromatic N) is 9. The molecule has 0 bridgehead atoms. The van der Waals surface area contributed by atoms with Crippen molar-refractivity contribution in [2.24, 2.45) is 11.7 Å². The zero-order valence-electron chi connectivity index (χ0n) is 68.8. The number of aromatic nitrogens is 8. The molecule has 2 atom stereocenters. The van der Waals surface area contributed by atoms with Crippen LogP contribution in [0.1, 0.15) is 155 Å². The highest BCUT2D eigenvalue weighted by Gasteiger charge is 2.51. The van der Waals surface area contributed by atoms with Gasteiger partial charge in [-0.1, -0.05) is 60.7 Å². The first-order chi connectivity index (χ1) is 57.8. The van der Waals surface area contributed by atoms with Crippen LogP contribution in [0.3, 0.4) is 0 Å². The number of nitrogens with two attached hydrogens (primary N) is 1. The number of hydrogen-bond donors (Lipinski definition) is 3. The van der Waals surface area contributed by atoms with Crippen molar-refractivity contribution in [3.63, 3.8) is 0 Å². The number of carbonyl (C=O) groups excluding carboxylic acids is 6. The van der Waals surface area contributed by atoms with Crippen LogP contribution in [0, 0.1) is 5.92 Å². The zero-order chi connectivity index (χ0) is 84.6. The van der Waals surface area contributed by atoms with E-state index < -0.39 is 39.2 Å². The van der Waals surface area contributed by atoms with Gasteiger partial charge in [-0.15, -0.1) is 16.4 Å². The first-order valence-electron chi connectivity index (χ1n) is 40.8. The van der Waals surface area contributed by atoms with E-state index in [-0.39, 0.29) is 106 Å². The summed E-state index contributed by atoms with van der Waals surface area (Å²) >= 11 is 2.81. The van der Waals surface area contributed by atoms with Gasteiger partial charge in [0.1, 0.15) is 42.8 Å². The molecule has 7 heterocycles. The lowest BCUT2D eigenvalue weighted by Crippen LogP contribution is -2.47. The van der Waals surface area contributed by atoms with Gasteiger partial charge < -0.3 is 77.8 Å². The Morgan fingerprint density at radius 2 is 1.33 bits per heavy atom. The van der Waals surface area contributed by atoms with Crippen molar-refractivity contribution in [2.75, 3.05) is 150 Å². The third-order valence-corrected chi connectivity index (χ3v) is 22.5. The third kappa shape index (κ3) is 30.3. The molecule has 33 nitrogen and oxygen atoms in total. The number of cyclic esters (lactones) is 1. The number of thioether (sulfide) groups is 1. The number of rotatable bonds is 61. The smallest absolute Gasteiger partial charge is 0.457 e. The number of Topliss-reactive ketones (excluding diaryl/α,β-unsaturated/α-hetero) is 2. The van der Waals surface area contributed by atoms with Gasteiger partial charge in [-0.05, 0) is 139 Å². The number of nitrogens with one attached hydrogen (secondary N) is 2. The molecule has 119 heavy (non-hydrogen) atoms. The molecule has 9 rings (SSSR count). The molecule has 0 radical (unpaired) electrons. The lowest BCUT2D eigenvalue weighted by molar-refractivity contribution is -0.175. The van der Waals surface area contributed by atoms with Gasteiger partial charge in [0.2, 0.25) is 21.5 Å². The van der Waals surface area contributed by atoms with Gasteiger partial charge in [-0.2, -0.15) is 4.31 Å². The van der Waals surface area contributed by atoms with Crippen LogP contribution in [-0.4, -0.2) is 238 Å². The van der Waals surface area contributed by atoms with Crippen LogP contribution in [0.4, 0.5) is 10.5 Å². The predicted molar refractivity (Wildman–Crippen MR) is 445 cm³/mol. The number of amides is 2. The summed E-state index contributed by atoms with van der Waals surface area (Å²) in [6.45, 7) is 14.8. The summed E-state index contributed by atoms with van der Waals surface area (Å²) in [5.41, 5.74) is 9.28. The van der Waals surface area contributed by atoms with Gasteiger partial charge in [0.25, 0.3) is 11.5 Å². The standard InChI is InChI=1S/C83H114N12O21S3/c1-6-83(71-48-74-75-69(53-94(74)79(100)70(71)57-114-80(83)101)67(68-21-7-8-22-72(68)89-75)27-29-95(59(2)3)119(5,103)104)116-82(102)115-54-60-23-25-63(26-24-60)88-76(98)61(19-9-10-28-84)47-66(97)56-113-55-65(96)20-11-31-105-32-12-33-106-34-13-35-107-36-14-37-108-38-15-39-109-40-16-41-110-42-17-43-111-44-18-45-112-46-30-93-52-64(91-92-93)51-85-77(99)73-58-118-78(90-73)62-49-86-81(117-4)87-50-62/h7-8,21-26,48-50,52,58-59,61H,6,9-20,27-47,51,53-57,84H2,1-5H3,(H,85,99)(H,88,98)/t61-,83+/m1/s1. The van der Waals surface area contributed by atoms with Crippen molar-refractivity contribution < 1.29 is 94.0 Å². The monoisotopic (exact) mass is 1710 g/mol. The molecule has 5 aromatic heterocycles. The Balaban J connectivity index is 0.524. The highest BCUT2D eigenvalue weighted by atomic mass is 32.2. The topological polar surface area (TPSA) is 405 Å². The molecule has 0 aliphatic carbocycles. The largest absolute Gasteiger partial charge is 0.510 e. The average Bonchev–Trinajstić information content (AvgIpc) is 1.61. The lowest BCUT2D eigenvalue weighted by atomic mass is 9.85. The number of thiazole rings is 1. The molecule has 0 unspecified atom stereocenters. The van der Waals surface area contributed by atoms with Crippen LogP contribution < -0.4 is 21.9 Å². The summed E-state index contributed by atoms with van der Waals surface area (Å²) in [7, 11) is -3.54. The lowest BCUT2D eigenvalue weighted by Gasteiger charge is -2.35. The predicted octanol–water partition coefficient (Wildman–Crippen LogP) is 9.38. The Labute approximate surface area is 702 Å². The molecule has 2 aliphatic rings. The summed E-state index contributed by atoms with van der Waals surface area (Å²) in [5.74, 6) is -2.77. The van der Waals surface area contributed by atoms with Gasteiger partial charge in [-0.3, -0.25) is 24.0 Å². The number of carbonyl (C=O) groups is 6. The fourth-order valence-corrected chi connectivity index (χ4v) is 15.7. The van der Waals surface area contributed by atoms with E-state index in [1.54, 1.807) is 70.5 Å². The van der Waals surface area contributed by atoms with E-state index in [1.807, 2.05) is 44.4 Å². The Hall–Kier alpha value is -8.47. The van der Waals surface area contributed by atoms with Crippen molar-refractivity contribution in [1.29, 1.82) is 0 Å². The fraction of sp³-hybridized carbons (Fsp3) is 0.578. The van der Waals surface area contributed by atoms with E-state index in [2.05, 4.69) is 35.9 Å². The maximum atomic E-state index is 14.4. The minimum atomic E-state index is -3.54. The van der Waals surface area contributed by atoms with Crippen LogP contribution >= 0.6 is 23.1 Å². The fourth-order valence-electron chi connectivity index (χ4n) is 13.4. The number of pyridine rings is 2. The first kappa shape index (κ1) is 94.4. The van der Waals surface area contributed by atoms with Crippen LogP contribution in [0.25, 0.3) is 32.9 Å². The number of ether oxygens (including phenoxy) is 12. The van der Waals surface area contributed by atoms with Crippen molar-refractivity contribution >= 4 is 85.2 Å². The molecule has 0 saturated carbocycles. The van der Waals surface area contributed by atoms with Crippen molar-refractivity contribution in [3.8, 4) is 22.0 Å². The number of hydrogen-bond acceptors (Lipinski definition) is 30. The van der Waals surface area contributed by atoms with Gasteiger partial charge in [0.05, 0.1) is 61.2 Å². The highest BCUT2D eigenvalue weighted by molar-refractivity contribution is 7.98. The molecule has 4 N–H and O–H groups in total. The number of ketones is 2. The van der Waals surface area contributed by atoms with E-state index in [0.717, 1.165) is 60.6 Å². The summed E-state index contributed by atoms with van der Waals surface area (Å²) < 4.78 is 98.4. The number of sulfonamides is 1. The number of esters is 1. The molecule has 650 valence electrons.